The highest BCUT2D eigenvalue weighted by Gasteiger charge is 2.15. The third kappa shape index (κ3) is 1.89. The van der Waals surface area contributed by atoms with E-state index >= 15 is 0 Å². The van der Waals surface area contributed by atoms with Crippen LogP contribution in [0.15, 0.2) is 24.4 Å². The van der Waals surface area contributed by atoms with E-state index in [0.29, 0.717) is 12.1 Å². The molecule has 1 rings (SSSR count). The van der Waals surface area contributed by atoms with E-state index in [1.54, 1.807) is 25.1 Å². The Bertz CT molecular complexity index is 258. The van der Waals surface area contributed by atoms with Gasteiger partial charge in [-0.05, 0) is 18.6 Å². The fourth-order valence-electron chi connectivity index (χ4n) is 0.865. The van der Waals surface area contributed by atoms with Gasteiger partial charge in [0.15, 0.2) is 0 Å². The summed E-state index contributed by atoms with van der Waals surface area (Å²) in [5.74, 6) is -0.307. The van der Waals surface area contributed by atoms with Crippen molar-refractivity contribution in [2.75, 3.05) is 0 Å². The van der Waals surface area contributed by atoms with Gasteiger partial charge in [0.2, 0.25) is 5.78 Å². The van der Waals surface area contributed by atoms with E-state index in [-0.39, 0.29) is 5.78 Å². The minimum Gasteiger partial charge on any atom is -0.385 e. The number of pyridine rings is 1. The molecule has 64 valence electrons. The quantitative estimate of drug-likeness (QED) is 0.681. The number of hydrogen-bond donors (Lipinski definition) is 1. The zero-order chi connectivity index (χ0) is 8.97. The summed E-state index contributed by atoms with van der Waals surface area (Å²) in [4.78, 5) is 15.1. The van der Waals surface area contributed by atoms with Gasteiger partial charge in [-0.15, -0.1) is 0 Å². The maximum Gasteiger partial charge on any atom is 0.209 e. The summed E-state index contributed by atoms with van der Waals surface area (Å²) < 4.78 is 0. The molecule has 0 bridgehead atoms. The van der Waals surface area contributed by atoms with E-state index < -0.39 is 6.10 Å². The number of Topliss-reactive ketones (excluding diaryl/α,β-unsaturated/α-hetero) is 1. The van der Waals surface area contributed by atoms with Gasteiger partial charge in [0, 0.05) is 6.20 Å². The zero-order valence-corrected chi connectivity index (χ0v) is 6.90. The van der Waals surface area contributed by atoms with Crippen molar-refractivity contribution in [1.29, 1.82) is 0 Å². The summed E-state index contributed by atoms with van der Waals surface area (Å²) in [6.45, 7) is 1.76. The molecule has 0 spiro atoms. The molecule has 3 nitrogen and oxygen atoms in total. The van der Waals surface area contributed by atoms with E-state index in [4.69, 9.17) is 0 Å². The number of rotatable bonds is 3. The van der Waals surface area contributed by atoms with Crippen LogP contribution in [0.25, 0.3) is 0 Å². The smallest absolute Gasteiger partial charge is 0.209 e. The van der Waals surface area contributed by atoms with Crippen molar-refractivity contribution in [3.05, 3.63) is 30.1 Å². The molecule has 0 aliphatic rings. The fraction of sp³-hybridized carbons (Fsp3) is 0.333. The number of nitrogens with zero attached hydrogens (tertiary/aromatic N) is 1. The highest BCUT2D eigenvalue weighted by Crippen LogP contribution is 2.01. The normalized spacial score (nSPS) is 12.5. The molecular formula is C9H11NO2. The van der Waals surface area contributed by atoms with E-state index in [9.17, 15) is 9.90 Å². The molecule has 1 heterocycles. The number of ketones is 1. The first-order chi connectivity index (χ1) is 5.75. The van der Waals surface area contributed by atoms with Crippen molar-refractivity contribution >= 4 is 5.78 Å². The molecule has 0 aromatic carbocycles. The first kappa shape index (κ1) is 8.87. The van der Waals surface area contributed by atoms with Gasteiger partial charge in [0.25, 0.3) is 0 Å². The average Bonchev–Trinajstić information content (AvgIpc) is 2.17. The number of aliphatic hydroxyl groups excluding tert-OH is 1. The second-order valence-corrected chi connectivity index (χ2v) is 2.50. The van der Waals surface area contributed by atoms with Gasteiger partial charge in [-0.25, -0.2) is 0 Å². The van der Waals surface area contributed by atoms with Gasteiger partial charge >= 0.3 is 0 Å². The SMILES string of the molecule is CCC(O)C(=O)c1ccccn1. The summed E-state index contributed by atoms with van der Waals surface area (Å²) >= 11 is 0. The number of carbonyl (C=O) groups is 1. The van der Waals surface area contributed by atoms with Crippen LogP contribution in [0.3, 0.4) is 0 Å². The van der Waals surface area contributed by atoms with Crippen molar-refractivity contribution < 1.29 is 9.90 Å². The first-order valence-electron chi connectivity index (χ1n) is 3.89. The van der Waals surface area contributed by atoms with Gasteiger partial charge in [-0.3, -0.25) is 9.78 Å². The molecule has 1 aromatic rings. The van der Waals surface area contributed by atoms with E-state index in [2.05, 4.69) is 4.98 Å². The molecule has 1 unspecified atom stereocenters. The van der Waals surface area contributed by atoms with Gasteiger partial charge in [-0.2, -0.15) is 0 Å². The van der Waals surface area contributed by atoms with Crippen LogP contribution in [0.5, 0.6) is 0 Å². The molecular weight excluding hydrogens is 154 g/mol. The minimum absolute atomic E-state index is 0.307. The third-order valence-electron chi connectivity index (χ3n) is 1.61. The van der Waals surface area contributed by atoms with Gasteiger partial charge < -0.3 is 5.11 Å². The number of aromatic nitrogens is 1. The molecule has 1 atom stereocenters. The molecule has 3 heteroatoms. The Morgan fingerprint density at radius 1 is 1.67 bits per heavy atom. The number of aliphatic hydroxyl groups is 1. The second-order valence-electron chi connectivity index (χ2n) is 2.50. The van der Waals surface area contributed by atoms with Crippen molar-refractivity contribution in [1.82, 2.24) is 4.98 Å². The van der Waals surface area contributed by atoms with Crippen LogP contribution in [-0.4, -0.2) is 22.0 Å². The van der Waals surface area contributed by atoms with Gasteiger partial charge in [0.05, 0.1) is 0 Å². The van der Waals surface area contributed by atoms with Crippen molar-refractivity contribution in [3.63, 3.8) is 0 Å². The Hall–Kier alpha value is -1.22. The predicted octanol–water partition coefficient (Wildman–Crippen LogP) is 1.04. The highest BCUT2D eigenvalue weighted by molar-refractivity contribution is 5.97. The minimum atomic E-state index is -0.917. The Morgan fingerprint density at radius 2 is 2.42 bits per heavy atom. The van der Waals surface area contributed by atoms with Crippen LogP contribution in [0.1, 0.15) is 23.8 Å². The molecule has 0 aliphatic carbocycles. The number of carbonyl (C=O) groups excluding carboxylic acids is 1. The average molecular weight is 165 g/mol. The summed E-state index contributed by atoms with van der Waals surface area (Å²) in [6.07, 6.45) is 1.05. The molecule has 12 heavy (non-hydrogen) atoms. The third-order valence-corrected chi connectivity index (χ3v) is 1.61. The summed E-state index contributed by atoms with van der Waals surface area (Å²) in [5.41, 5.74) is 0.326. The van der Waals surface area contributed by atoms with Crippen LogP contribution in [0.4, 0.5) is 0 Å². The maximum absolute atomic E-state index is 11.3. The Balaban J connectivity index is 2.79. The lowest BCUT2D eigenvalue weighted by molar-refractivity contribution is 0.0735. The topological polar surface area (TPSA) is 50.2 Å². The summed E-state index contributed by atoms with van der Waals surface area (Å²) in [6, 6.07) is 5.05. The second kappa shape index (κ2) is 3.97. The lowest BCUT2D eigenvalue weighted by Crippen LogP contribution is -2.20. The molecule has 0 amide bonds. The lowest BCUT2D eigenvalue weighted by atomic mass is 10.1. The van der Waals surface area contributed by atoms with Crippen molar-refractivity contribution in [3.8, 4) is 0 Å². The van der Waals surface area contributed by atoms with E-state index in [1.807, 2.05) is 0 Å². The number of hydrogen-bond acceptors (Lipinski definition) is 3. The Labute approximate surface area is 71.1 Å². The monoisotopic (exact) mass is 165 g/mol. The molecule has 0 saturated carbocycles. The molecule has 0 radical (unpaired) electrons. The van der Waals surface area contributed by atoms with Crippen molar-refractivity contribution in [2.24, 2.45) is 0 Å². The van der Waals surface area contributed by atoms with Crippen LogP contribution in [0.2, 0.25) is 0 Å². The molecule has 0 aliphatic heterocycles. The Kier molecular flexibility index (Phi) is 2.94. The van der Waals surface area contributed by atoms with Gasteiger partial charge in [-0.1, -0.05) is 13.0 Å². The zero-order valence-electron chi connectivity index (χ0n) is 6.90. The van der Waals surface area contributed by atoms with E-state index in [0.717, 1.165) is 0 Å². The Morgan fingerprint density at radius 3 is 2.92 bits per heavy atom. The molecule has 0 saturated heterocycles. The molecule has 1 aromatic heterocycles. The summed E-state index contributed by atoms with van der Waals surface area (Å²) in [5, 5.41) is 9.19. The standard InChI is InChI=1S/C9H11NO2/c1-2-8(11)9(12)7-5-3-4-6-10-7/h3-6,8,11H,2H2,1H3. The largest absolute Gasteiger partial charge is 0.385 e. The van der Waals surface area contributed by atoms with Gasteiger partial charge in [0.1, 0.15) is 11.8 Å². The lowest BCUT2D eigenvalue weighted by Gasteiger charge is -2.04. The predicted molar refractivity (Wildman–Crippen MR) is 44.9 cm³/mol. The first-order valence-corrected chi connectivity index (χ1v) is 3.89. The fourth-order valence-corrected chi connectivity index (χ4v) is 0.865. The van der Waals surface area contributed by atoms with E-state index in [1.165, 1.54) is 6.20 Å². The summed E-state index contributed by atoms with van der Waals surface area (Å²) in [7, 11) is 0. The highest BCUT2D eigenvalue weighted by atomic mass is 16.3. The van der Waals surface area contributed by atoms with Crippen LogP contribution < -0.4 is 0 Å². The van der Waals surface area contributed by atoms with Crippen LogP contribution in [0, 0.1) is 0 Å². The van der Waals surface area contributed by atoms with Crippen LogP contribution in [-0.2, 0) is 0 Å². The molecule has 1 N–H and O–H groups in total. The van der Waals surface area contributed by atoms with Crippen molar-refractivity contribution in [2.45, 2.75) is 19.4 Å². The van der Waals surface area contributed by atoms with Crippen LogP contribution >= 0.6 is 0 Å². The maximum atomic E-state index is 11.3. The molecule has 0 fully saturated rings.